The lowest BCUT2D eigenvalue weighted by Crippen LogP contribution is -2.50. The zero-order valence-electron chi connectivity index (χ0n) is 21.0. The van der Waals surface area contributed by atoms with Crippen molar-refractivity contribution in [3.63, 3.8) is 0 Å². The van der Waals surface area contributed by atoms with Gasteiger partial charge in [-0.15, -0.1) is 0 Å². The Bertz CT molecular complexity index is 931. The van der Waals surface area contributed by atoms with Gasteiger partial charge in [0.2, 0.25) is 5.91 Å². The van der Waals surface area contributed by atoms with E-state index in [1.165, 1.54) is 0 Å². The first kappa shape index (κ1) is 25.7. The van der Waals surface area contributed by atoms with E-state index in [2.05, 4.69) is 5.32 Å². The number of unbranched alkanes of at least 4 members (excludes halogenated alkanes) is 1. The molecule has 190 valence electrons. The van der Waals surface area contributed by atoms with Gasteiger partial charge in [0.25, 0.3) is 0 Å². The van der Waals surface area contributed by atoms with Gasteiger partial charge in [-0.3, -0.25) is 4.79 Å². The number of para-hydroxylation sites is 2. The maximum absolute atomic E-state index is 13.3. The van der Waals surface area contributed by atoms with Crippen LogP contribution in [0.2, 0.25) is 0 Å². The molecule has 2 aliphatic rings. The summed E-state index contributed by atoms with van der Waals surface area (Å²) < 4.78 is 11.5. The average molecular weight is 481 g/mol. The maximum atomic E-state index is 13.3. The standard InChI is InChI=1S/C29H40N2O4/c1-34-21-8-7-17-29(33,26-13-5-6-14-27(26)35-25-11-3-2-4-12-25)24-10-9-20-31(22-24)28(32)23-15-18-30-19-16-23/h2-6,11-14,23-24,30,33H,7-10,15-22H2,1H3. The average Bonchev–Trinajstić information content (AvgIpc) is 2.92. The molecule has 4 rings (SSSR count). The Kier molecular flexibility index (Phi) is 9.18. The number of nitrogens with one attached hydrogen (secondary N) is 1. The number of rotatable bonds is 10. The molecule has 2 atom stereocenters. The summed E-state index contributed by atoms with van der Waals surface area (Å²) in [5.74, 6) is 1.72. The minimum Gasteiger partial charge on any atom is -0.457 e. The van der Waals surface area contributed by atoms with Gasteiger partial charge in [-0.2, -0.15) is 0 Å². The van der Waals surface area contributed by atoms with Crippen LogP contribution in [0.15, 0.2) is 54.6 Å². The predicted molar refractivity (Wildman–Crippen MR) is 137 cm³/mol. The van der Waals surface area contributed by atoms with Gasteiger partial charge in [0.1, 0.15) is 11.5 Å². The fraction of sp³-hybridized carbons (Fsp3) is 0.552. The summed E-state index contributed by atoms with van der Waals surface area (Å²) in [6.45, 7) is 3.84. The Morgan fingerprint density at radius 2 is 1.80 bits per heavy atom. The second kappa shape index (κ2) is 12.5. The van der Waals surface area contributed by atoms with E-state index in [0.29, 0.717) is 25.3 Å². The number of nitrogens with zero attached hydrogens (tertiary/aromatic N) is 1. The number of hydrogen-bond acceptors (Lipinski definition) is 5. The van der Waals surface area contributed by atoms with Crippen LogP contribution in [-0.4, -0.2) is 55.8 Å². The molecule has 2 aromatic carbocycles. The number of aliphatic hydroxyl groups is 1. The van der Waals surface area contributed by atoms with Gasteiger partial charge in [0.15, 0.2) is 0 Å². The summed E-state index contributed by atoms with van der Waals surface area (Å²) >= 11 is 0. The smallest absolute Gasteiger partial charge is 0.225 e. The number of carbonyl (C=O) groups excluding carboxylic acids is 1. The van der Waals surface area contributed by atoms with Crippen LogP contribution < -0.4 is 10.1 Å². The number of ether oxygens (including phenoxy) is 2. The summed E-state index contributed by atoms with van der Waals surface area (Å²) in [4.78, 5) is 15.4. The number of piperidine rings is 2. The molecule has 2 aromatic rings. The second-order valence-electron chi connectivity index (χ2n) is 9.93. The molecule has 0 radical (unpaired) electrons. The Balaban J connectivity index is 1.59. The quantitative estimate of drug-likeness (QED) is 0.482. The van der Waals surface area contributed by atoms with Gasteiger partial charge in [0.05, 0.1) is 5.60 Å². The van der Waals surface area contributed by atoms with E-state index in [9.17, 15) is 9.90 Å². The molecule has 2 N–H and O–H groups in total. The molecule has 2 heterocycles. The summed E-state index contributed by atoms with van der Waals surface area (Å²) in [5, 5.41) is 15.8. The van der Waals surface area contributed by atoms with Gasteiger partial charge >= 0.3 is 0 Å². The highest BCUT2D eigenvalue weighted by Crippen LogP contribution is 2.44. The topological polar surface area (TPSA) is 71.0 Å². The predicted octanol–water partition coefficient (Wildman–Crippen LogP) is 4.72. The molecule has 2 fully saturated rings. The van der Waals surface area contributed by atoms with Crippen LogP contribution in [0.3, 0.4) is 0 Å². The van der Waals surface area contributed by atoms with Crippen LogP contribution in [0.5, 0.6) is 11.5 Å². The van der Waals surface area contributed by atoms with Gasteiger partial charge in [-0.1, -0.05) is 36.4 Å². The molecule has 0 saturated carbocycles. The summed E-state index contributed by atoms with van der Waals surface area (Å²) in [6, 6.07) is 17.5. The molecule has 2 aliphatic heterocycles. The molecule has 6 nitrogen and oxygen atoms in total. The van der Waals surface area contributed by atoms with Gasteiger partial charge in [0, 0.05) is 44.2 Å². The minimum absolute atomic E-state index is 0.0509. The van der Waals surface area contributed by atoms with E-state index in [1.807, 2.05) is 59.5 Å². The van der Waals surface area contributed by atoms with Crippen molar-refractivity contribution in [1.82, 2.24) is 10.2 Å². The van der Waals surface area contributed by atoms with Crippen LogP contribution in [0.4, 0.5) is 0 Å². The lowest BCUT2D eigenvalue weighted by molar-refractivity contribution is -0.142. The molecule has 2 saturated heterocycles. The van der Waals surface area contributed by atoms with Crippen molar-refractivity contribution < 1.29 is 19.4 Å². The second-order valence-corrected chi connectivity index (χ2v) is 9.93. The summed E-state index contributed by atoms with van der Waals surface area (Å²) in [5.41, 5.74) is -0.283. The van der Waals surface area contributed by atoms with Crippen molar-refractivity contribution in [2.24, 2.45) is 11.8 Å². The van der Waals surface area contributed by atoms with E-state index in [-0.39, 0.29) is 17.7 Å². The SMILES string of the molecule is COCCCCC(O)(c1ccccc1Oc1ccccc1)C1CCCN(C(=O)C2CCNCC2)C1. The monoisotopic (exact) mass is 480 g/mol. The summed E-state index contributed by atoms with van der Waals surface area (Å²) in [7, 11) is 1.71. The highest BCUT2D eigenvalue weighted by Gasteiger charge is 2.43. The number of hydrogen-bond donors (Lipinski definition) is 2. The third-order valence-corrected chi connectivity index (χ3v) is 7.58. The Hall–Kier alpha value is -2.41. The largest absolute Gasteiger partial charge is 0.457 e. The van der Waals surface area contributed by atoms with Crippen molar-refractivity contribution in [3.05, 3.63) is 60.2 Å². The maximum Gasteiger partial charge on any atom is 0.225 e. The van der Waals surface area contributed by atoms with Crippen molar-refractivity contribution >= 4 is 5.91 Å². The molecular weight excluding hydrogens is 440 g/mol. The van der Waals surface area contributed by atoms with Gasteiger partial charge in [-0.05, 0) is 76.2 Å². The van der Waals surface area contributed by atoms with Gasteiger partial charge in [-0.25, -0.2) is 0 Å². The number of benzene rings is 2. The first-order chi connectivity index (χ1) is 17.1. The Morgan fingerprint density at radius 3 is 2.57 bits per heavy atom. The van der Waals surface area contributed by atoms with E-state index in [4.69, 9.17) is 9.47 Å². The molecule has 0 spiro atoms. The number of amides is 1. The third kappa shape index (κ3) is 6.43. The molecule has 2 unspecified atom stereocenters. The number of likely N-dealkylation sites (tertiary alicyclic amines) is 1. The van der Waals surface area contributed by atoms with E-state index in [1.54, 1.807) is 7.11 Å². The first-order valence-corrected chi connectivity index (χ1v) is 13.1. The Labute approximate surface area is 209 Å². The van der Waals surface area contributed by atoms with Crippen molar-refractivity contribution in [2.75, 3.05) is 39.9 Å². The highest BCUT2D eigenvalue weighted by atomic mass is 16.5. The van der Waals surface area contributed by atoms with Crippen LogP contribution in [-0.2, 0) is 15.1 Å². The van der Waals surface area contributed by atoms with Crippen molar-refractivity contribution in [3.8, 4) is 11.5 Å². The molecule has 1 amide bonds. The fourth-order valence-corrected chi connectivity index (χ4v) is 5.62. The molecular formula is C29H40N2O4. The zero-order valence-corrected chi connectivity index (χ0v) is 21.0. The van der Waals surface area contributed by atoms with Gasteiger partial charge < -0.3 is 24.8 Å². The van der Waals surface area contributed by atoms with Crippen LogP contribution in [0.1, 0.15) is 50.5 Å². The lowest BCUT2D eigenvalue weighted by atomic mass is 9.73. The van der Waals surface area contributed by atoms with E-state index >= 15 is 0 Å². The van der Waals surface area contributed by atoms with Crippen LogP contribution in [0, 0.1) is 11.8 Å². The molecule has 35 heavy (non-hydrogen) atoms. The third-order valence-electron chi connectivity index (χ3n) is 7.58. The number of methoxy groups -OCH3 is 1. The molecule has 0 bridgehead atoms. The first-order valence-electron chi connectivity index (χ1n) is 13.1. The molecule has 0 aliphatic carbocycles. The fourth-order valence-electron chi connectivity index (χ4n) is 5.62. The van der Waals surface area contributed by atoms with Crippen LogP contribution in [0.25, 0.3) is 0 Å². The normalized spacial score (nSPS) is 20.9. The van der Waals surface area contributed by atoms with Crippen molar-refractivity contribution in [1.29, 1.82) is 0 Å². The number of carbonyl (C=O) groups is 1. The van der Waals surface area contributed by atoms with E-state index in [0.717, 1.165) is 69.5 Å². The molecule has 6 heteroatoms. The summed E-state index contributed by atoms with van der Waals surface area (Å²) in [6.07, 6.45) is 5.91. The minimum atomic E-state index is -1.09. The highest BCUT2D eigenvalue weighted by molar-refractivity contribution is 5.79. The van der Waals surface area contributed by atoms with Crippen LogP contribution >= 0.6 is 0 Å². The zero-order chi connectivity index (χ0) is 24.5. The van der Waals surface area contributed by atoms with E-state index < -0.39 is 5.60 Å². The lowest BCUT2D eigenvalue weighted by Gasteiger charge is -2.44. The molecule has 0 aromatic heterocycles. The van der Waals surface area contributed by atoms with Crippen molar-refractivity contribution in [2.45, 2.75) is 50.5 Å². The Morgan fingerprint density at radius 1 is 1.06 bits per heavy atom.